The van der Waals surface area contributed by atoms with Gasteiger partial charge in [-0.1, -0.05) is 60.7 Å². The molecule has 1 radical (unpaired) electrons. The van der Waals surface area contributed by atoms with Gasteiger partial charge >= 0.3 is 0 Å². The highest BCUT2D eigenvalue weighted by Gasteiger charge is 2.24. The van der Waals surface area contributed by atoms with E-state index in [1.165, 1.54) is 5.19 Å². The molecule has 0 aliphatic heterocycles. The Hall–Kier alpha value is -1.54. The summed E-state index contributed by atoms with van der Waals surface area (Å²) in [6.45, 7) is 4.66. The molecule has 0 saturated heterocycles. The summed E-state index contributed by atoms with van der Waals surface area (Å²) in [5.74, 6) is 0.931. The van der Waals surface area contributed by atoms with Crippen LogP contribution < -0.4 is 9.92 Å². The minimum absolute atomic E-state index is 0.807. The second-order valence-corrected chi connectivity index (χ2v) is 9.41. The Labute approximate surface area is 104 Å². The Morgan fingerprint density at radius 1 is 1.00 bits per heavy atom. The van der Waals surface area contributed by atoms with E-state index in [2.05, 4.69) is 49.5 Å². The molecule has 0 bridgehead atoms. The zero-order valence-corrected chi connectivity index (χ0v) is 11.3. The van der Waals surface area contributed by atoms with Gasteiger partial charge in [0.15, 0.2) is 0 Å². The highest BCUT2D eigenvalue weighted by atomic mass is 28.3. The Kier molecular flexibility index (Phi) is 3.64. The standard InChI is InChI=1S/C15H17OSi/c1-17(2,15-11-7-4-8-12-15)13-16-14-9-5-3-6-10-14/h4-12H,13H2,1-2H3. The summed E-state index contributed by atoms with van der Waals surface area (Å²) >= 11 is 0. The van der Waals surface area contributed by atoms with Gasteiger partial charge in [-0.2, -0.15) is 0 Å². The van der Waals surface area contributed by atoms with Gasteiger partial charge < -0.3 is 4.74 Å². The maximum atomic E-state index is 5.87. The SMILES string of the molecule is C[Si](C)(COc1cc[c]cc1)c1ccccc1. The summed E-state index contributed by atoms with van der Waals surface area (Å²) in [7, 11) is -1.49. The minimum Gasteiger partial charge on any atom is -0.497 e. The molecule has 2 heteroatoms. The maximum Gasteiger partial charge on any atom is 0.124 e. The van der Waals surface area contributed by atoms with Gasteiger partial charge in [0.25, 0.3) is 0 Å². The third-order valence-electron chi connectivity index (χ3n) is 2.84. The molecule has 0 spiro atoms. The van der Waals surface area contributed by atoms with Gasteiger partial charge in [0.1, 0.15) is 13.8 Å². The number of hydrogen-bond donors (Lipinski definition) is 0. The van der Waals surface area contributed by atoms with E-state index in [1.54, 1.807) is 0 Å². The molecule has 0 fully saturated rings. The first-order valence-corrected chi connectivity index (χ1v) is 9.04. The average Bonchev–Trinajstić information content (AvgIpc) is 2.39. The van der Waals surface area contributed by atoms with E-state index in [0.29, 0.717) is 0 Å². The van der Waals surface area contributed by atoms with Crippen LogP contribution in [0.3, 0.4) is 0 Å². The smallest absolute Gasteiger partial charge is 0.124 e. The molecular formula is C15H17OSi. The molecule has 0 unspecified atom stereocenters. The summed E-state index contributed by atoms with van der Waals surface area (Å²) in [6.07, 6.45) is 0.807. The predicted molar refractivity (Wildman–Crippen MR) is 74.3 cm³/mol. The quantitative estimate of drug-likeness (QED) is 0.748. The molecule has 0 N–H and O–H groups in total. The fourth-order valence-corrected chi connectivity index (χ4v) is 3.49. The lowest BCUT2D eigenvalue weighted by Gasteiger charge is -2.23. The minimum atomic E-state index is -1.49. The van der Waals surface area contributed by atoms with E-state index in [1.807, 2.05) is 24.3 Å². The maximum absolute atomic E-state index is 5.87. The fraction of sp³-hybridized carbons (Fsp3) is 0.200. The normalized spacial score (nSPS) is 11.2. The van der Waals surface area contributed by atoms with Crippen LogP contribution >= 0.6 is 0 Å². The molecule has 17 heavy (non-hydrogen) atoms. The Balaban J connectivity index is 2.03. The molecule has 1 nitrogen and oxygen atoms in total. The topological polar surface area (TPSA) is 9.23 Å². The lowest BCUT2D eigenvalue weighted by Crippen LogP contribution is -2.47. The highest BCUT2D eigenvalue weighted by molar-refractivity contribution is 6.89. The summed E-state index contributed by atoms with van der Waals surface area (Å²) in [5, 5.41) is 1.43. The molecule has 2 aromatic carbocycles. The number of ether oxygens (including phenoxy) is 1. The van der Waals surface area contributed by atoms with Crippen LogP contribution in [-0.4, -0.2) is 14.3 Å². The summed E-state index contributed by atoms with van der Waals surface area (Å²) in [4.78, 5) is 0. The largest absolute Gasteiger partial charge is 0.497 e. The van der Waals surface area contributed by atoms with Crippen molar-refractivity contribution in [1.29, 1.82) is 0 Å². The first-order chi connectivity index (χ1) is 8.18. The van der Waals surface area contributed by atoms with Crippen molar-refractivity contribution in [3.63, 3.8) is 0 Å². The molecular weight excluding hydrogens is 224 g/mol. The van der Waals surface area contributed by atoms with Crippen molar-refractivity contribution in [2.24, 2.45) is 0 Å². The van der Waals surface area contributed by atoms with Crippen LogP contribution in [0.4, 0.5) is 0 Å². The highest BCUT2D eigenvalue weighted by Crippen LogP contribution is 2.11. The molecule has 0 aromatic heterocycles. The van der Waals surface area contributed by atoms with Crippen LogP contribution in [0.25, 0.3) is 0 Å². The Bertz CT molecular complexity index is 451. The van der Waals surface area contributed by atoms with Crippen LogP contribution in [0.15, 0.2) is 54.6 Å². The zero-order valence-electron chi connectivity index (χ0n) is 10.3. The van der Waals surface area contributed by atoms with Gasteiger partial charge in [-0.25, -0.2) is 0 Å². The number of rotatable bonds is 4. The molecule has 0 aliphatic carbocycles. The average molecular weight is 241 g/mol. The van der Waals surface area contributed by atoms with E-state index in [4.69, 9.17) is 4.74 Å². The predicted octanol–water partition coefficient (Wildman–Crippen LogP) is 3.02. The van der Waals surface area contributed by atoms with Crippen LogP contribution in [0.2, 0.25) is 13.1 Å². The van der Waals surface area contributed by atoms with Crippen molar-refractivity contribution < 1.29 is 4.74 Å². The third kappa shape index (κ3) is 3.20. The van der Waals surface area contributed by atoms with Crippen LogP contribution in [-0.2, 0) is 0 Å². The molecule has 0 saturated carbocycles. The number of benzene rings is 2. The van der Waals surface area contributed by atoms with Crippen molar-refractivity contribution in [2.45, 2.75) is 13.1 Å². The zero-order chi connectivity index (χ0) is 12.1. The van der Waals surface area contributed by atoms with Gasteiger partial charge in [0.2, 0.25) is 0 Å². The van der Waals surface area contributed by atoms with E-state index in [9.17, 15) is 0 Å². The molecule has 0 aliphatic rings. The lowest BCUT2D eigenvalue weighted by atomic mass is 10.3. The van der Waals surface area contributed by atoms with Gasteiger partial charge in [0.05, 0.1) is 6.23 Å². The van der Waals surface area contributed by atoms with Crippen molar-refractivity contribution in [3.8, 4) is 5.75 Å². The molecule has 0 heterocycles. The Morgan fingerprint density at radius 3 is 2.29 bits per heavy atom. The first kappa shape index (κ1) is 11.9. The summed E-state index contributed by atoms with van der Waals surface area (Å²) < 4.78 is 5.87. The van der Waals surface area contributed by atoms with Crippen molar-refractivity contribution >= 4 is 13.3 Å². The molecule has 0 amide bonds. The van der Waals surface area contributed by atoms with Crippen LogP contribution in [0.1, 0.15) is 0 Å². The van der Waals surface area contributed by atoms with Crippen molar-refractivity contribution in [1.82, 2.24) is 0 Å². The van der Waals surface area contributed by atoms with E-state index in [-0.39, 0.29) is 0 Å². The molecule has 2 rings (SSSR count). The second kappa shape index (κ2) is 5.19. The lowest BCUT2D eigenvalue weighted by molar-refractivity contribution is 0.379. The van der Waals surface area contributed by atoms with E-state index < -0.39 is 8.07 Å². The molecule has 2 aromatic rings. The van der Waals surface area contributed by atoms with Crippen LogP contribution in [0, 0.1) is 6.07 Å². The van der Waals surface area contributed by atoms with Gasteiger partial charge in [-0.15, -0.1) is 0 Å². The molecule has 0 atom stereocenters. The number of hydrogen-bond acceptors (Lipinski definition) is 1. The third-order valence-corrected chi connectivity index (χ3v) is 5.60. The van der Waals surface area contributed by atoms with E-state index >= 15 is 0 Å². The van der Waals surface area contributed by atoms with Crippen molar-refractivity contribution in [3.05, 3.63) is 60.7 Å². The summed E-state index contributed by atoms with van der Waals surface area (Å²) in [5.41, 5.74) is 0. The molecule has 87 valence electrons. The fourth-order valence-electron chi connectivity index (χ4n) is 1.70. The van der Waals surface area contributed by atoms with Gasteiger partial charge in [-0.3, -0.25) is 0 Å². The monoisotopic (exact) mass is 241 g/mol. The second-order valence-electron chi connectivity index (χ2n) is 4.77. The van der Waals surface area contributed by atoms with Crippen molar-refractivity contribution in [2.75, 3.05) is 6.23 Å². The first-order valence-electron chi connectivity index (χ1n) is 5.83. The van der Waals surface area contributed by atoms with E-state index in [0.717, 1.165) is 12.0 Å². The summed E-state index contributed by atoms with van der Waals surface area (Å²) in [6, 6.07) is 21.3. The van der Waals surface area contributed by atoms with Crippen LogP contribution in [0.5, 0.6) is 5.75 Å². The van der Waals surface area contributed by atoms with Gasteiger partial charge in [0, 0.05) is 0 Å². The van der Waals surface area contributed by atoms with Gasteiger partial charge in [-0.05, 0) is 18.2 Å². The Morgan fingerprint density at radius 2 is 1.65 bits per heavy atom.